The molecule has 0 radical (unpaired) electrons. The summed E-state index contributed by atoms with van der Waals surface area (Å²) in [6, 6.07) is 17.0. The van der Waals surface area contributed by atoms with Crippen LogP contribution >= 0.6 is 0 Å². The fraction of sp³-hybridized carbons (Fsp3) is 0.277. The molecule has 0 aliphatic heterocycles. The number of hydrogen-bond acceptors (Lipinski definition) is 12. The maximum Gasteiger partial charge on any atom is 0.433 e. The van der Waals surface area contributed by atoms with Gasteiger partial charge < -0.3 is 26.4 Å². The van der Waals surface area contributed by atoms with Gasteiger partial charge in [-0.2, -0.15) is 23.4 Å². The number of aryl methyl sites for hydroxylation is 3. The number of nitrogen functional groups attached to an aromatic ring is 1. The summed E-state index contributed by atoms with van der Waals surface area (Å²) in [5.41, 5.74) is 9.28. The van der Waals surface area contributed by atoms with Crippen LogP contribution in [0.2, 0.25) is 0 Å². The SMILES string of the molecule is C.C.COC(=O)C1(C(=O)Nc2ccc(-c3cnc4cnccn34)cc2)CC1.Cc1cc(N)nn1C.Cn1nc(NC(=O)C2(C(=O)Nc3ccc(-c4cnc5cnccn45)cc3)CC2)cc1C(F)(F)F. The van der Waals surface area contributed by atoms with Crippen molar-refractivity contribution in [2.45, 2.75) is 53.6 Å². The Bertz CT molecular complexity index is 3110. The van der Waals surface area contributed by atoms with E-state index in [4.69, 9.17) is 10.5 Å². The minimum atomic E-state index is -4.61. The van der Waals surface area contributed by atoms with Gasteiger partial charge in [0.2, 0.25) is 17.7 Å². The highest BCUT2D eigenvalue weighted by atomic mass is 19.4. The van der Waals surface area contributed by atoms with E-state index in [9.17, 15) is 32.3 Å². The standard InChI is InChI=1S/C22H18F3N7O2.C18H16N4O3.C5H9N3.2CH4/c1-31-16(22(23,24)25)10-17(30-31)29-20(34)21(6-7-21)19(33)28-14-4-2-13(3-5-14)15-11-27-18-12-26-8-9-32(15)18;1-25-17(24)18(6-7-18)16(23)21-13-4-2-12(3-5-13)14-10-20-15-11-19-8-9-22(14)15;1-4-3-5(6)7-8(4)2;;/h2-5,8-12H,6-7H2,1H3,(H,28,33)(H,29,30,34);2-5,8-11H,6-7H2,1H3,(H,21,23);3H,1-2H3,(H2,6,7);2*1H4. The first-order valence-corrected chi connectivity index (χ1v) is 20.7. The first kappa shape index (κ1) is 50.0. The van der Waals surface area contributed by atoms with Gasteiger partial charge in [0.15, 0.2) is 17.1 Å². The van der Waals surface area contributed by atoms with Crippen molar-refractivity contribution >= 4 is 58.0 Å². The van der Waals surface area contributed by atoms with E-state index >= 15 is 0 Å². The maximum atomic E-state index is 13.0. The number of methoxy groups -OCH3 is 1. The lowest BCUT2D eigenvalue weighted by atomic mass is 10.0. The van der Waals surface area contributed by atoms with E-state index in [-0.39, 0.29) is 39.4 Å². The van der Waals surface area contributed by atoms with Gasteiger partial charge in [-0.15, -0.1) is 0 Å². The number of nitrogens with one attached hydrogen (secondary N) is 3. The first-order valence-electron chi connectivity index (χ1n) is 20.7. The number of nitrogens with two attached hydrogens (primary N) is 1. The fourth-order valence-corrected chi connectivity index (χ4v) is 7.21. The molecule has 2 aliphatic carbocycles. The Morgan fingerprint density at radius 2 is 1.13 bits per heavy atom. The van der Waals surface area contributed by atoms with Gasteiger partial charge in [-0.1, -0.05) is 39.1 Å². The number of fused-ring (bicyclic) bond motifs is 2. The molecule has 10 rings (SSSR count). The lowest BCUT2D eigenvalue weighted by Gasteiger charge is -2.14. The summed E-state index contributed by atoms with van der Waals surface area (Å²) in [6.07, 6.45) is 10.9. The monoisotopic (exact) mass is 948 g/mol. The molecule has 8 aromatic rings. The zero-order chi connectivity index (χ0) is 47.7. The van der Waals surface area contributed by atoms with Crippen molar-refractivity contribution in [1.29, 1.82) is 0 Å². The lowest BCUT2D eigenvalue weighted by Crippen LogP contribution is -2.35. The highest BCUT2D eigenvalue weighted by Gasteiger charge is 2.58. The lowest BCUT2D eigenvalue weighted by molar-refractivity contribution is -0.150. The van der Waals surface area contributed by atoms with E-state index in [1.165, 1.54) is 7.11 Å². The molecule has 0 unspecified atom stereocenters. The Morgan fingerprint density at radius 3 is 1.51 bits per heavy atom. The van der Waals surface area contributed by atoms with Gasteiger partial charge in [0.05, 0.1) is 43.3 Å². The predicted octanol–water partition coefficient (Wildman–Crippen LogP) is 7.38. The number of aromatic nitrogens is 10. The van der Waals surface area contributed by atoms with Crippen LogP contribution < -0.4 is 21.7 Å². The number of carbonyl (C=O) groups excluding carboxylic acids is 4. The Hall–Kier alpha value is -8.43. The summed E-state index contributed by atoms with van der Waals surface area (Å²) >= 11 is 0. The average Bonchev–Trinajstić information content (AvgIpc) is 4.14. The molecule has 2 saturated carbocycles. The smallest absolute Gasteiger partial charge is 0.433 e. The molecule has 3 amide bonds. The van der Waals surface area contributed by atoms with E-state index in [2.05, 4.69) is 46.1 Å². The molecule has 0 saturated heterocycles. The molecule has 0 atom stereocenters. The number of rotatable bonds is 9. The van der Waals surface area contributed by atoms with Crippen LogP contribution in [0.3, 0.4) is 0 Å². The minimum Gasteiger partial charge on any atom is -0.468 e. The van der Waals surface area contributed by atoms with Crippen molar-refractivity contribution in [3.05, 3.63) is 122 Å². The molecule has 2 aliphatic rings. The van der Waals surface area contributed by atoms with Crippen LogP contribution in [0.5, 0.6) is 0 Å². The van der Waals surface area contributed by atoms with Gasteiger partial charge in [-0.25, -0.2) is 9.97 Å². The van der Waals surface area contributed by atoms with Gasteiger partial charge in [0, 0.05) is 79.2 Å². The summed E-state index contributed by atoms with van der Waals surface area (Å²) in [7, 11) is 4.30. The molecule has 2 fully saturated rings. The third kappa shape index (κ3) is 10.4. The van der Waals surface area contributed by atoms with Gasteiger partial charge >= 0.3 is 12.1 Å². The number of imidazole rings is 2. The van der Waals surface area contributed by atoms with Crippen molar-refractivity contribution in [2.75, 3.05) is 28.8 Å². The number of carbonyl (C=O) groups is 4. The largest absolute Gasteiger partial charge is 0.468 e. The number of hydrogen-bond donors (Lipinski definition) is 4. The number of anilines is 4. The Labute approximate surface area is 394 Å². The van der Waals surface area contributed by atoms with Crippen LogP contribution in [0.25, 0.3) is 33.8 Å². The maximum absolute atomic E-state index is 13.0. The highest BCUT2D eigenvalue weighted by Crippen LogP contribution is 2.48. The molecule has 6 heterocycles. The average molecular weight is 949 g/mol. The first-order chi connectivity index (χ1) is 32.0. The summed E-state index contributed by atoms with van der Waals surface area (Å²) in [5.74, 6) is -1.66. The van der Waals surface area contributed by atoms with Gasteiger partial charge in [-0.3, -0.25) is 47.3 Å². The predicted molar refractivity (Wildman–Crippen MR) is 252 cm³/mol. The second-order valence-corrected chi connectivity index (χ2v) is 15.9. The molecule has 5 N–H and O–H groups in total. The van der Waals surface area contributed by atoms with Crippen LogP contribution in [0, 0.1) is 17.8 Å². The van der Waals surface area contributed by atoms with E-state index in [0.717, 1.165) is 47.0 Å². The molecular weight excluding hydrogens is 898 g/mol. The Balaban J connectivity index is 0.000000196. The summed E-state index contributed by atoms with van der Waals surface area (Å²) in [6.45, 7) is 1.96. The highest BCUT2D eigenvalue weighted by molar-refractivity contribution is 6.16. The van der Waals surface area contributed by atoms with E-state index in [1.54, 1.807) is 72.3 Å². The number of halogens is 3. The van der Waals surface area contributed by atoms with Crippen molar-refractivity contribution in [1.82, 2.24) is 48.3 Å². The zero-order valence-corrected chi connectivity index (χ0v) is 36.4. The molecule has 0 bridgehead atoms. The number of nitrogens with zero attached hydrogens (tertiary/aromatic N) is 10. The van der Waals surface area contributed by atoms with Gasteiger partial charge in [0.1, 0.15) is 22.3 Å². The van der Waals surface area contributed by atoms with Crippen LogP contribution in [0.1, 0.15) is 51.9 Å². The van der Waals surface area contributed by atoms with E-state index in [1.807, 2.05) is 59.3 Å². The summed E-state index contributed by atoms with van der Waals surface area (Å²) < 4.78 is 49.8. The van der Waals surface area contributed by atoms with Crippen LogP contribution in [0.15, 0.2) is 110 Å². The summed E-state index contributed by atoms with van der Waals surface area (Å²) in [5, 5.41) is 15.4. The molecule has 360 valence electrons. The molecule has 0 spiro atoms. The molecule has 19 nitrogen and oxygen atoms in total. The minimum absolute atomic E-state index is 0. The fourth-order valence-electron chi connectivity index (χ4n) is 7.21. The topological polar surface area (TPSA) is 236 Å². The number of ether oxygens (including phenoxy) is 1. The molecule has 22 heteroatoms. The van der Waals surface area contributed by atoms with E-state index < -0.39 is 40.5 Å². The number of amides is 3. The van der Waals surface area contributed by atoms with Crippen LogP contribution in [0.4, 0.5) is 36.2 Å². The Kier molecular flexibility index (Phi) is 14.4. The van der Waals surface area contributed by atoms with Crippen LogP contribution in [-0.2, 0) is 44.2 Å². The van der Waals surface area contributed by atoms with Crippen molar-refractivity contribution < 1.29 is 37.1 Å². The normalized spacial score (nSPS) is 13.8. The second kappa shape index (κ2) is 19.8. The van der Waals surface area contributed by atoms with E-state index in [0.29, 0.717) is 40.4 Å². The number of esters is 1. The molecule has 6 aromatic heterocycles. The van der Waals surface area contributed by atoms with Crippen LogP contribution in [-0.4, -0.2) is 79.1 Å². The number of benzene rings is 2. The van der Waals surface area contributed by atoms with Gasteiger partial charge in [-0.05, 0) is 56.9 Å². The Morgan fingerprint density at radius 1 is 0.667 bits per heavy atom. The zero-order valence-electron chi connectivity index (χ0n) is 36.4. The molecule has 69 heavy (non-hydrogen) atoms. The second-order valence-electron chi connectivity index (χ2n) is 15.9. The molecule has 2 aromatic carbocycles. The van der Waals surface area contributed by atoms with Crippen molar-refractivity contribution in [3.8, 4) is 22.5 Å². The number of alkyl halides is 3. The molecular formula is C47H51F3N14O5. The van der Waals surface area contributed by atoms with Crippen molar-refractivity contribution in [2.24, 2.45) is 24.9 Å². The van der Waals surface area contributed by atoms with Crippen molar-refractivity contribution in [3.63, 3.8) is 0 Å². The third-order valence-corrected chi connectivity index (χ3v) is 11.4. The van der Waals surface area contributed by atoms with Gasteiger partial charge in [0.25, 0.3) is 0 Å². The third-order valence-electron chi connectivity index (χ3n) is 11.4. The summed E-state index contributed by atoms with van der Waals surface area (Å²) in [4.78, 5) is 66.4. The quantitative estimate of drug-likeness (QED) is 0.0820.